The van der Waals surface area contributed by atoms with Gasteiger partial charge >= 0.3 is 0 Å². The van der Waals surface area contributed by atoms with Gasteiger partial charge in [0.15, 0.2) is 4.34 Å². The van der Waals surface area contributed by atoms with Crippen molar-refractivity contribution in [2.45, 2.75) is 30.5 Å². The van der Waals surface area contributed by atoms with Crippen LogP contribution < -0.4 is 9.62 Å². The van der Waals surface area contributed by atoms with Crippen molar-refractivity contribution in [1.29, 1.82) is 0 Å². The van der Waals surface area contributed by atoms with Crippen molar-refractivity contribution in [3.8, 4) is 0 Å². The van der Waals surface area contributed by atoms with Gasteiger partial charge in [0.2, 0.25) is 21.1 Å². The normalized spacial score (nSPS) is 11.9. The van der Waals surface area contributed by atoms with Gasteiger partial charge in [-0.1, -0.05) is 62.1 Å². The molecule has 0 aliphatic heterocycles. The number of benzene rings is 1. The number of thioether (sulfide) groups is 1. The Morgan fingerprint density at radius 2 is 1.93 bits per heavy atom. The maximum atomic E-state index is 12.4. The summed E-state index contributed by atoms with van der Waals surface area (Å²) in [6.45, 7) is 9.52. The highest BCUT2D eigenvalue weighted by Crippen LogP contribution is 2.27. The Morgan fingerprint density at radius 3 is 2.46 bits per heavy atom. The van der Waals surface area contributed by atoms with E-state index >= 15 is 0 Å². The van der Waals surface area contributed by atoms with Crippen LogP contribution >= 0.6 is 23.1 Å². The number of hydrogen-bond acceptors (Lipinski definition) is 7. The number of anilines is 2. The zero-order chi connectivity index (χ0) is 20.9. The average molecular weight is 441 g/mol. The van der Waals surface area contributed by atoms with Gasteiger partial charge in [0.05, 0.1) is 11.9 Å². The van der Waals surface area contributed by atoms with Crippen LogP contribution in [0, 0.1) is 0 Å². The molecule has 0 atom stereocenters. The quantitative estimate of drug-likeness (QED) is 0.384. The summed E-state index contributed by atoms with van der Waals surface area (Å²) in [6, 6.07) is 7.17. The smallest absolute Gasteiger partial charge is 0.246 e. The Kier molecular flexibility index (Phi) is 7.24. The van der Waals surface area contributed by atoms with E-state index in [0.29, 0.717) is 20.9 Å². The summed E-state index contributed by atoms with van der Waals surface area (Å²) >= 11 is 2.69. The lowest BCUT2D eigenvalue weighted by Crippen LogP contribution is -2.37. The van der Waals surface area contributed by atoms with Crippen molar-refractivity contribution < 1.29 is 13.2 Å². The number of carbonyl (C=O) groups is 1. The summed E-state index contributed by atoms with van der Waals surface area (Å²) in [6.07, 6.45) is 2.83. The Labute approximate surface area is 174 Å². The number of sulfonamides is 1. The molecule has 28 heavy (non-hydrogen) atoms. The molecule has 0 unspecified atom stereocenters. The topological polar surface area (TPSA) is 92.3 Å². The molecule has 10 heteroatoms. The number of aromatic nitrogens is 2. The number of nitrogens with one attached hydrogen (secondary N) is 1. The van der Waals surface area contributed by atoms with Crippen LogP contribution in [-0.4, -0.2) is 43.1 Å². The van der Waals surface area contributed by atoms with E-state index in [1.54, 1.807) is 18.2 Å². The minimum absolute atomic E-state index is 0.0506. The van der Waals surface area contributed by atoms with Gasteiger partial charge in [-0.05, 0) is 23.1 Å². The van der Waals surface area contributed by atoms with Crippen LogP contribution in [0.4, 0.5) is 10.8 Å². The Balaban J connectivity index is 2.13. The lowest BCUT2D eigenvalue weighted by Gasteiger charge is -2.24. The third kappa shape index (κ3) is 6.32. The minimum atomic E-state index is -3.64. The molecule has 1 amide bonds. The summed E-state index contributed by atoms with van der Waals surface area (Å²) in [5, 5.41) is 10.8. The van der Waals surface area contributed by atoms with Gasteiger partial charge in [0.1, 0.15) is 6.54 Å². The van der Waals surface area contributed by atoms with E-state index in [1.165, 1.54) is 23.1 Å². The van der Waals surface area contributed by atoms with E-state index in [9.17, 15) is 13.2 Å². The Bertz CT molecular complexity index is 932. The molecule has 1 aromatic carbocycles. The molecule has 2 rings (SSSR count). The van der Waals surface area contributed by atoms with Crippen molar-refractivity contribution in [3.63, 3.8) is 0 Å². The van der Waals surface area contributed by atoms with Gasteiger partial charge in [0, 0.05) is 5.75 Å². The molecule has 1 aromatic heterocycles. The zero-order valence-electron chi connectivity index (χ0n) is 16.3. The largest absolute Gasteiger partial charge is 0.299 e. The van der Waals surface area contributed by atoms with E-state index in [0.717, 1.165) is 16.1 Å². The zero-order valence-corrected chi connectivity index (χ0v) is 18.7. The SMILES string of the molecule is C=CCSc1nnc(NC(=O)CN(c2ccc(C(C)(C)C)cc2)S(C)(=O)=O)s1. The number of amides is 1. The van der Waals surface area contributed by atoms with Gasteiger partial charge < -0.3 is 0 Å². The van der Waals surface area contributed by atoms with Crippen molar-refractivity contribution in [2.24, 2.45) is 0 Å². The number of carbonyl (C=O) groups excluding carboxylic acids is 1. The molecule has 0 spiro atoms. The predicted molar refractivity (Wildman–Crippen MR) is 117 cm³/mol. The Hall–Kier alpha value is -1.91. The molecule has 1 heterocycles. The summed E-state index contributed by atoms with van der Waals surface area (Å²) < 4.78 is 26.2. The third-order valence-corrected chi connectivity index (χ3v) is 6.79. The van der Waals surface area contributed by atoms with E-state index in [1.807, 2.05) is 12.1 Å². The minimum Gasteiger partial charge on any atom is -0.299 e. The molecule has 1 N–H and O–H groups in total. The molecule has 0 saturated heterocycles. The average Bonchev–Trinajstić information content (AvgIpc) is 3.03. The van der Waals surface area contributed by atoms with E-state index in [2.05, 4.69) is 42.9 Å². The van der Waals surface area contributed by atoms with Crippen LogP contribution in [0.3, 0.4) is 0 Å². The number of nitrogens with zero attached hydrogens (tertiary/aromatic N) is 3. The van der Waals surface area contributed by atoms with Gasteiger partial charge in [-0.3, -0.25) is 14.4 Å². The first-order valence-electron chi connectivity index (χ1n) is 8.46. The summed E-state index contributed by atoms with van der Waals surface area (Å²) in [4.78, 5) is 12.4. The highest BCUT2D eigenvalue weighted by atomic mass is 32.2. The lowest BCUT2D eigenvalue weighted by molar-refractivity contribution is -0.114. The molecule has 0 bridgehead atoms. The number of hydrogen-bond donors (Lipinski definition) is 1. The van der Waals surface area contributed by atoms with Crippen LogP contribution in [0.25, 0.3) is 0 Å². The van der Waals surface area contributed by atoms with Gasteiger partial charge in [-0.2, -0.15) is 0 Å². The van der Waals surface area contributed by atoms with E-state index in [-0.39, 0.29) is 12.0 Å². The van der Waals surface area contributed by atoms with Gasteiger partial charge in [0.25, 0.3) is 0 Å². The number of rotatable bonds is 8. The van der Waals surface area contributed by atoms with Crippen LogP contribution in [0.5, 0.6) is 0 Å². The van der Waals surface area contributed by atoms with E-state index < -0.39 is 15.9 Å². The second kappa shape index (κ2) is 9.06. The first-order valence-corrected chi connectivity index (χ1v) is 12.1. The lowest BCUT2D eigenvalue weighted by atomic mass is 9.87. The van der Waals surface area contributed by atoms with Gasteiger partial charge in [-0.25, -0.2) is 8.42 Å². The predicted octanol–water partition coefficient (Wildman–Crippen LogP) is 3.52. The molecular formula is C18H24N4O3S3. The summed E-state index contributed by atoms with van der Waals surface area (Å²) in [7, 11) is -3.64. The summed E-state index contributed by atoms with van der Waals surface area (Å²) in [5.41, 5.74) is 1.46. The van der Waals surface area contributed by atoms with Crippen molar-refractivity contribution in [2.75, 3.05) is 28.2 Å². The fraction of sp³-hybridized carbons (Fsp3) is 0.389. The molecule has 0 saturated carbocycles. The molecule has 0 radical (unpaired) electrons. The van der Waals surface area contributed by atoms with E-state index in [4.69, 9.17) is 0 Å². The maximum Gasteiger partial charge on any atom is 0.246 e. The summed E-state index contributed by atoms with van der Waals surface area (Å²) in [5.74, 6) is 0.205. The highest BCUT2D eigenvalue weighted by Gasteiger charge is 2.22. The van der Waals surface area contributed by atoms with Crippen LogP contribution in [0.2, 0.25) is 0 Å². The van der Waals surface area contributed by atoms with Gasteiger partial charge in [-0.15, -0.1) is 16.8 Å². The first-order chi connectivity index (χ1) is 13.0. The van der Waals surface area contributed by atoms with Crippen molar-refractivity contribution >= 4 is 49.8 Å². The fourth-order valence-electron chi connectivity index (χ4n) is 2.27. The van der Waals surface area contributed by atoms with Crippen molar-refractivity contribution in [1.82, 2.24) is 10.2 Å². The van der Waals surface area contributed by atoms with Crippen LogP contribution in [0.1, 0.15) is 26.3 Å². The molecular weight excluding hydrogens is 416 g/mol. The van der Waals surface area contributed by atoms with Crippen LogP contribution in [-0.2, 0) is 20.2 Å². The standard InChI is InChI=1S/C18H24N4O3S3/c1-6-11-26-17-21-20-16(27-17)19-15(23)12-22(28(5,24)25)14-9-7-13(8-10-14)18(2,3)4/h6-10H,1,11-12H2,2-5H3,(H,19,20,23). The Morgan fingerprint density at radius 1 is 1.29 bits per heavy atom. The fourth-order valence-corrected chi connectivity index (χ4v) is 4.65. The molecule has 2 aromatic rings. The monoisotopic (exact) mass is 440 g/mol. The van der Waals surface area contributed by atoms with Crippen LogP contribution in [0.15, 0.2) is 41.3 Å². The third-order valence-electron chi connectivity index (χ3n) is 3.69. The second-order valence-electron chi connectivity index (χ2n) is 7.09. The molecule has 7 nitrogen and oxygen atoms in total. The molecule has 0 aliphatic rings. The maximum absolute atomic E-state index is 12.4. The molecule has 152 valence electrons. The first kappa shape index (κ1) is 22.4. The second-order valence-corrected chi connectivity index (χ2v) is 11.2. The van der Waals surface area contributed by atoms with Crippen molar-refractivity contribution in [3.05, 3.63) is 42.5 Å². The molecule has 0 fully saturated rings. The molecule has 0 aliphatic carbocycles. The highest BCUT2D eigenvalue weighted by molar-refractivity contribution is 8.01.